The highest BCUT2D eigenvalue weighted by Crippen LogP contribution is 2.25. The largest absolute Gasteiger partial charge is 0.394 e. The van der Waals surface area contributed by atoms with Gasteiger partial charge in [-0.25, -0.2) is 9.37 Å². The standard InChI is InChI=1S/C20H18FN5O/c1-12-16-8-14(4-7-17(16)26-25-12)18-9-22-10-20(23-18)24-19(11-27)13-2-5-15(21)6-3-13/h2-10,19,27H,11H2,1H3,(H,23,24)(H,25,26). The van der Waals surface area contributed by atoms with Crippen LogP contribution in [0.2, 0.25) is 0 Å². The van der Waals surface area contributed by atoms with Crippen LogP contribution < -0.4 is 5.32 Å². The molecular weight excluding hydrogens is 345 g/mol. The first-order valence-corrected chi connectivity index (χ1v) is 8.54. The lowest BCUT2D eigenvalue weighted by molar-refractivity contribution is 0.276. The molecule has 6 nitrogen and oxygen atoms in total. The number of hydrogen-bond donors (Lipinski definition) is 3. The smallest absolute Gasteiger partial charge is 0.145 e. The van der Waals surface area contributed by atoms with Crippen LogP contribution in [0.25, 0.3) is 22.2 Å². The highest BCUT2D eigenvalue weighted by molar-refractivity contribution is 5.85. The summed E-state index contributed by atoms with van der Waals surface area (Å²) in [6.45, 7) is 1.81. The van der Waals surface area contributed by atoms with Gasteiger partial charge < -0.3 is 10.4 Å². The Balaban J connectivity index is 1.62. The lowest BCUT2D eigenvalue weighted by Gasteiger charge is -2.17. The summed E-state index contributed by atoms with van der Waals surface area (Å²) in [6.07, 6.45) is 3.28. The third kappa shape index (κ3) is 3.50. The molecule has 0 saturated carbocycles. The Bertz CT molecular complexity index is 1080. The molecule has 0 fully saturated rings. The van der Waals surface area contributed by atoms with E-state index < -0.39 is 6.04 Å². The molecule has 1 atom stereocenters. The molecule has 7 heteroatoms. The molecule has 2 aromatic heterocycles. The molecule has 1 unspecified atom stereocenters. The van der Waals surface area contributed by atoms with E-state index in [9.17, 15) is 9.50 Å². The monoisotopic (exact) mass is 363 g/mol. The predicted molar refractivity (Wildman–Crippen MR) is 102 cm³/mol. The van der Waals surface area contributed by atoms with Crippen molar-refractivity contribution in [2.75, 3.05) is 11.9 Å². The van der Waals surface area contributed by atoms with Gasteiger partial charge in [0, 0.05) is 16.6 Å². The number of anilines is 1. The normalized spacial score (nSPS) is 12.3. The molecular formula is C20H18FN5O. The van der Waals surface area contributed by atoms with Crippen molar-refractivity contribution in [2.45, 2.75) is 13.0 Å². The van der Waals surface area contributed by atoms with Crippen LogP contribution in [0.1, 0.15) is 17.3 Å². The summed E-state index contributed by atoms with van der Waals surface area (Å²) in [5, 5.41) is 21.1. The van der Waals surface area contributed by atoms with Crippen molar-refractivity contribution in [3.05, 3.63) is 71.9 Å². The van der Waals surface area contributed by atoms with Crippen LogP contribution in [0, 0.1) is 12.7 Å². The number of aliphatic hydroxyl groups is 1. The maximum atomic E-state index is 13.1. The molecule has 0 spiro atoms. The van der Waals surface area contributed by atoms with Gasteiger partial charge in [-0.2, -0.15) is 5.10 Å². The number of aryl methyl sites for hydroxylation is 1. The quantitative estimate of drug-likeness (QED) is 0.504. The minimum atomic E-state index is -0.409. The number of aromatic amines is 1. The molecule has 0 aliphatic heterocycles. The van der Waals surface area contributed by atoms with Crippen molar-refractivity contribution < 1.29 is 9.50 Å². The van der Waals surface area contributed by atoms with Gasteiger partial charge in [-0.1, -0.05) is 18.2 Å². The van der Waals surface area contributed by atoms with Crippen LogP contribution in [0.4, 0.5) is 10.2 Å². The lowest BCUT2D eigenvalue weighted by Crippen LogP contribution is -2.16. The summed E-state index contributed by atoms with van der Waals surface area (Å²) >= 11 is 0. The molecule has 2 heterocycles. The number of hydrogen-bond acceptors (Lipinski definition) is 5. The second-order valence-electron chi connectivity index (χ2n) is 6.30. The first-order chi connectivity index (χ1) is 13.1. The average molecular weight is 363 g/mol. The van der Waals surface area contributed by atoms with Crippen LogP contribution >= 0.6 is 0 Å². The Labute approximate surface area is 155 Å². The van der Waals surface area contributed by atoms with Gasteiger partial charge in [0.2, 0.25) is 0 Å². The van der Waals surface area contributed by atoms with Crippen LogP contribution in [0.15, 0.2) is 54.9 Å². The van der Waals surface area contributed by atoms with E-state index in [2.05, 4.69) is 25.5 Å². The van der Waals surface area contributed by atoms with E-state index in [1.807, 2.05) is 25.1 Å². The minimum Gasteiger partial charge on any atom is -0.394 e. The fourth-order valence-electron chi connectivity index (χ4n) is 2.98. The molecule has 0 aliphatic rings. The van der Waals surface area contributed by atoms with E-state index in [1.165, 1.54) is 12.1 Å². The SMILES string of the molecule is Cc1[nH]nc2ccc(-c3cncc(NC(CO)c4ccc(F)cc4)n3)cc12. The Morgan fingerprint density at radius 1 is 1.15 bits per heavy atom. The molecule has 3 N–H and O–H groups in total. The van der Waals surface area contributed by atoms with E-state index in [1.54, 1.807) is 24.5 Å². The molecule has 0 amide bonds. The highest BCUT2D eigenvalue weighted by atomic mass is 19.1. The fraction of sp³-hybridized carbons (Fsp3) is 0.150. The Morgan fingerprint density at radius 2 is 1.96 bits per heavy atom. The molecule has 0 saturated heterocycles. The number of benzene rings is 2. The summed E-state index contributed by atoms with van der Waals surface area (Å²) in [5.41, 5.74) is 4.28. The molecule has 4 rings (SSSR count). The minimum absolute atomic E-state index is 0.155. The number of halogens is 1. The fourth-order valence-corrected chi connectivity index (χ4v) is 2.98. The van der Waals surface area contributed by atoms with Gasteiger partial charge in [0.15, 0.2) is 0 Å². The van der Waals surface area contributed by atoms with Crippen molar-refractivity contribution in [2.24, 2.45) is 0 Å². The van der Waals surface area contributed by atoms with Gasteiger partial charge in [-0.05, 0) is 36.8 Å². The Hall–Kier alpha value is -3.32. The van der Waals surface area contributed by atoms with E-state index in [-0.39, 0.29) is 12.4 Å². The topological polar surface area (TPSA) is 86.7 Å². The average Bonchev–Trinajstić information content (AvgIpc) is 3.07. The van der Waals surface area contributed by atoms with Crippen molar-refractivity contribution in [3.63, 3.8) is 0 Å². The highest BCUT2D eigenvalue weighted by Gasteiger charge is 2.12. The van der Waals surface area contributed by atoms with Gasteiger partial charge in [-0.15, -0.1) is 0 Å². The molecule has 2 aromatic carbocycles. The zero-order chi connectivity index (χ0) is 18.8. The van der Waals surface area contributed by atoms with Crippen molar-refractivity contribution in [1.29, 1.82) is 0 Å². The van der Waals surface area contributed by atoms with E-state index in [0.29, 0.717) is 11.5 Å². The van der Waals surface area contributed by atoms with Gasteiger partial charge in [-0.3, -0.25) is 10.1 Å². The molecule has 0 aliphatic carbocycles. The first kappa shape index (κ1) is 17.1. The number of fused-ring (bicyclic) bond motifs is 1. The van der Waals surface area contributed by atoms with Crippen molar-refractivity contribution in [3.8, 4) is 11.3 Å². The van der Waals surface area contributed by atoms with Gasteiger partial charge in [0.05, 0.1) is 36.3 Å². The van der Waals surface area contributed by atoms with Crippen LogP contribution in [0.3, 0.4) is 0 Å². The van der Waals surface area contributed by atoms with Gasteiger partial charge in [0.1, 0.15) is 11.6 Å². The number of aromatic nitrogens is 4. The number of H-pyrrole nitrogens is 1. The molecule has 136 valence electrons. The van der Waals surface area contributed by atoms with Crippen LogP contribution in [-0.2, 0) is 0 Å². The summed E-state index contributed by atoms with van der Waals surface area (Å²) in [7, 11) is 0. The zero-order valence-electron chi connectivity index (χ0n) is 14.6. The van der Waals surface area contributed by atoms with Gasteiger partial charge >= 0.3 is 0 Å². The third-order valence-electron chi connectivity index (χ3n) is 4.45. The van der Waals surface area contributed by atoms with Crippen LogP contribution in [0.5, 0.6) is 0 Å². The second-order valence-corrected chi connectivity index (χ2v) is 6.30. The summed E-state index contributed by atoms with van der Waals surface area (Å²) in [5.74, 6) is 0.210. The van der Waals surface area contributed by atoms with Crippen molar-refractivity contribution >= 4 is 16.7 Å². The maximum Gasteiger partial charge on any atom is 0.145 e. The molecule has 27 heavy (non-hydrogen) atoms. The van der Waals surface area contributed by atoms with Crippen molar-refractivity contribution in [1.82, 2.24) is 20.2 Å². The Kier molecular flexibility index (Phi) is 4.52. The number of rotatable bonds is 5. The van der Waals surface area contributed by atoms with Gasteiger partial charge in [0.25, 0.3) is 0 Å². The third-order valence-corrected chi connectivity index (χ3v) is 4.45. The molecule has 4 aromatic rings. The number of aliphatic hydroxyl groups excluding tert-OH is 1. The summed E-state index contributed by atoms with van der Waals surface area (Å²) < 4.78 is 13.1. The van der Waals surface area contributed by atoms with E-state index in [0.717, 1.165) is 27.7 Å². The van der Waals surface area contributed by atoms with E-state index in [4.69, 9.17) is 0 Å². The molecule has 0 radical (unpaired) electrons. The maximum absolute atomic E-state index is 13.1. The predicted octanol–water partition coefficient (Wildman–Crippen LogP) is 3.61. The number of nitrogens with zero attached hydrogens (tertiary/aromatic N) is 3. The summed E-state index contributed by atoms with van der Waals surface area (Å²) in [4.78, 5) is 8.86. The zero-order valence-corrected chi connectivity index (χ0v) is 14.6. The van der Waals surface area contributed by atoms with E-state index >= 15 is 0 Å². The Morgan fingerprint density at radius 3 is 2.74 bits per heavy atom. The van der Waals surface area contributed by atoms with Crippen LogP contribution in [-0.4, -0.2) is 31.9 Å². The first-order valence-electron chi connectivity index (χ1n) is 8.54. The second kappa shape index (κ2) is 7.13. The lowest BCUT2D eigenvalue weighted by atomic mass is 10.1. The molecule has 0 bridgehead atoms. The number of nitrogens with one attached hydrogen (secondary N) is 2. The summed E-state index contributed by atoms with van der Waals surface area (Å²) in [6, 6.07) is 11.5.